The van der Waals surface area contributed by atoms with Crippen LogP contribution in [0.2, 0.25) is 0 Å². The van der Waals surface area contributed by atoms with E-state index in [0.29, 0.717) is 24.6 Å². The van der Waals surface area contributed by atoms with E-state index < -0.39 is 10.0 Å². The predicted octanol–water partition coefficient (Wildman–Crippen LogP) is 1.86. The van der Waals surface area contributed by atoms with Crippen molar-refractivity contribution in [3.05, 3.63) is 53.8 Å². The van der Waals surface area contributed by atoms with E-state index in [4.69, 9.17) is 9.88 Å². The van der Waals surface area contributed by atoms with Crippen molar-refractivity contribution in [3.8, 4) is 11.8 Å². The van der Waals surface area contributed by atoms with Crippen LogP contribution in [0.4, 0.5) is 10.1 Å². The van der Waals surface area contributed by atoms with Gasteiger partial charge in [-0.05, 0) is 42.5 Å². The molecule has 0 aliphatic heterocycles. The SMILES string of the molecule is CN(CCOc1ccc(F)cc1)c1ccc(S(N)(=O)=O)cc1C#N. The van der Waals surface area contributed by atoms with Gasteiger partial charge in [-0.25, -0.2) is 17.9 Å². The van der Waals surface area contributed by atoms with Crippen LogP contribution in [0.25, 0.3) is 0 Å². The maximum atomic E-state index is 12.8. The summed E-state index contributed by atoms with van der Waals surface area (Å²) in [5.41, 5.74) is 0.762. The smallest absolute Gasteiger partial charge is 0.238 e. The molecular formula is C16H16FN3O3S. The molecular weight excluding hydrogens is 333 g/mol. The molecule has 0 unspecified atom stereocenters. The van der Waals surface area contributed by atoms with E-state index >= 15 is 0 Å². The van der Waals surface area contributed by atoms with Crippen LogP contribution in [0.1, 0.15) is 5.56 Å². The third-order valence-electron chi connectivity index (χ3n) is 3.34. The standard InChI is InChI=1S/C16H16FN3O3S/c1-20(8-9-23-14-4-2-13(17)3-5-14)16-7-6-15(24(19,21)22)10-12(16)11-18/h2-7,10H,8-9H2,1H3,(H2,19,21,22). The van der Waals surface area contributed by atoms with Gasteiger partial charge in [0.05, 0.1) is 22.7 Å². The number of rotatable bonds is 6. The summed E-state index contributed by atoms with van der Waals surface area (Å²) < 4.78 is 41.0. The van der Waals surface area contributed by atoms with Crippen molar-refractivity contribution >= 4 is 15.7 Å². The third-order valence-corrected chi connectivity index (χ3v) is 4.25. The number of halogens is 1. The van der Waals surface area contributed by atoms with E-state index in [-0.39, 0.29) is 16.3 Å². The van der Waals surface area contributed by atoms with E-state index in [0.717, 1.165) is 0 Å². The van der Waals surface area contributed by atoms with Crippen molar-refractivity contribution in [1.29, 1.82) is 5.26 Å². The zero-order valence-corrected chi connectivity index (χ0v) is 13.8. The molecule has 0 atom stereocenters. The van der Waals surface area contributed by atoms with Crippen LogP contribution in [0.5, 0.6) is 5.75 Å². The van der Waals surface area contributed by atoms with E-state index in [2.05, 4.69) is 0 Å². The highest BCUT2D eigenvalue weighted by molar-refractivity contribution is 7.89. The lowest BCUT2D eigenvalue weighted by atomic mass is 10.2. The number of primary sulfonamides is 1. The van der Waals surface area contributed by atoms with Gasteiger partial charge in [0.15, 0.2) is 0 Å². The van der Waals surface area contributed by atoms with Crippen LogP contribution < -0.4 is 14.8 Å². The Morgan fingerprint density at radius 1 is 1.25 bits per heavy atom. The van der Waals surface area contributed by atoms with Gasteiger partial charge in [0, 0.05) is 7.05 Å². The molecule has 2 N–H and O–H groups in total. The molecule has 0 saturated heterocycles. The molecule has 0 aliphatic carbocycles. The minimum Gasteiger partial charge on any atom is -0.492 e. The molecule has 0 bridgehead atoms. The van der Waals surface area contributed by atoms with Crippen LogP contribution in [0.15, 0.2) is 47.4 Å². The van der Waals surface area contributed by atoms with Crippen molar-refractivity contribution in [2.24, 2.45) is 5.14 Å². The summed E-state index contributed by atoms with van der Waals surface area (Å²) in [5.74, 6) is 0.197. The predicted molar refractivity (Wildman–Crippen MR) is 87.7 cm³/mol. The lowest BCUT2D eigenvalue weighted by Gasteiger charge is -2.21. The van der Waals surface area contributed by atoms with Crippen LogP contribution in [0, 0.1) is 17.1 Å². The molecule has 0 aliphatic rings. The molecule has 0 spiro atoms. The zero-order valence-electron chi connectivity index (χ0n) is 12.9. The van der Waals surface area contributed by atoms with Crippen molar-refractivity contribution in [3.63, 3.8) is 0 Å². The van der Waals surface area contributed by atoms with Crippen molar-refractivity contribution in [1.82, 2.24) is 0 Å². The molecule has 0 saturated carbocycles. The molecule has 0 fully saturated rings. The van der Waals surface area contributed by atoms with Gasteiger partial charge in [-0.2, -0.15) is 5.26 Å². The molecule has 6 nitrogen and oxygen atoms in total. The normalized spacial score (nSPS) is 10.9. The van der Waals surface area contributed by atoms with Gasteiger partial charge in [0.25, 0.3) is 0 Å². The van der Waals surface area contributed by atoms with E-state index in [9.17, 15) is 18.1 Å². The maximum absolute atomic E-state index is 12.8. The van der Waals surface area contributed by atoms with Gasteiger partial charge in [0.2, 0.25) is 10.0 Å². The lowest BCUT2D eigenvalue weighted by Crippen LogP contribution is -2.24. The van der Waals surface area contributed by atoms with E-state index in [1.165, 1.54) is 42.5 Å². The fourth-order valence-electron chi connectivity index (χ4n) is 2.07. The Morgan fingerprint density at radius 3 is 2.50 bits per heavy atom. The van der Waals surface area contributed by atoms with Gasteiger partial charge in [-0.1, -0.05) is 0 Å². The number of nitrogens with two attached hydrogens (primary N) is 1. The number of ether oxygens (including phenoxy) is 1. The Hall–Kier alpha value is -2.63. The molecule has 2 rings (SSSR count). The number of hydrogen-bond donors (Lipinski definition) is 1. The molecule has 2 aromatic rings. The quantitative estimate of drug-likeness (QED) is 0.859. The second-order valence-corrected chi connectivity index (χ2v) is 6.62. The van der Waals surface area contributed by atoms with Crippen molar-refractivity contribution < 1.29 is 17.5 Å². The average molecular weight is 349 g/mol. The number of hydrogen-bond acceptors (Lipinski definition) is 5. The Labute approximate surface area is 139 Å². The number of likely N-dealkylation sites (N-methyl/N-ethyl adjacent to an activating group) is 1. The van der Waals surface area contributed by atoms with Crippen molar-refractivity contribution in [2.75, 3.05) is 25.1 Å². The highest BCUT2D eigenvalue weighted by Crippen LogP contribution is 2.22. The summed E-state index contributed by atoms with van der Waals surface area (Å²) in [6, 6.07) is 11.7. The van der Waals surface area contributed by atoms with E-state index in [1.807, 2.05) is 6.07 Å². The summed E-state index contributed by atoms with van der Waals surface area (Å²) in [6.45, 7) is 0.755. The Kier molecular flexibility index (Phi) is 5.39. The molecule has 8 heteroatoms. The Morgan fingerprint density at radius 2 is 1.92 bits per heavy atom. The topological polar surface area (TPSA) is 96.4 Å². The first-order chi connectivity index (χ1) is 11.3. The van der Waals surface area contributed by atoms with Crippen LogP contribution >= 0.6 is 0 Å². The third kappa shape index (κ3) is 4.44. The van der Waals surface area contributed by atoms with Crippen LogP contribution in [-0.2, 0) is 10.0 Å². The number of benzene rings is 2. The summed E-state index contributed by atoms with van der Waals surface area (Å²) in [5, 5.41) is 14.3. The average Bonchev–Trinajstić information content (AvgIpc) is 2.55. The van der Waals surface area contributed by atoms with Gasteiger partial charge >= 0.3 is 0 Å². The minimum absolute atomic E-state index is 0.112. The first kappa shape index (κ1) is 17.7. The number of nitriles is 1. The second-order valence-electron chi connectivity index (χ2n) is 5.06. The summed E-state index contributed by atoms with van der Waals surface area (Å²) in [6.07, 6.45) is 0. The molecule has 2 aromatic carbocycles. The zero-order chi connectivity index (χ0) is 17.7. The van der Waals surface area contributed by atoms with Crippen molar-refractivity contribution in [2.45, 2.75) is 4.90 Å². The monoisotopic (exact) mass is 349 g/mol. The molecule has 0 heterocycles. The number of nitrogens with zero attached hydrogens (tertiary/aromatic N) is 2. The molecule has 0 radical (unpaired) electrons. The molecule has 126 valence electrons. The van der Waals surface area contributed by atoms with Gasteiger partial charge in [-0.15, -0.1) is 0 Å². The summed E-state index contributed by atoms with van der Waals surface area (Å²) in [4.78, 5) is 1.65. The fourth-order valence-corrected chi connectivity index (χ4v) is 2.61. The Balaban J connectivity index is 2.05. The lowest BCUT2D eigenvalue weighted by molar-refractivity contribution is 0.325. The van der Waals surface area contributed by atoms with Crippen LogP contribution in [0.3, 0.4) is 0 Å². The largest absolute Gasteiger partial charge is 0.492 e. The molecule has 24 heavy (non-hydrogen) atoms. The number of sulfonamides is 1. The number of anilines is 1. The molecule has 0 aromatic heterocycles. The van der Waals surface area contributed by atoms with E-state index in [1.54, 1.807) is 11.9 Å². The van der Waals surface area contributed by atoms with Gasteiger partial charge < -0.3 is 9.64 Å². The summed E-state index contributed by atoms with van der Waals surface area (Å²) in [7, 11) is -2.11. The highest BCUT2D eigenvalue weighted by Gasteiger charge is 2.13. The molecule has 0 amide bonds. The highest BCUT2D eigenvalue weighted by atomic mass is 32.2. The Bertz CT molecular complexity index is 861. The van der Waals surface area contributed by atoms with Gasteiger partial charge in [0.1, 0.15) is 24.2 Å². The first-order valence-electron chi connectivity index (χ1n) is 6.97. The van der Waals surface area contributed by atoms with Crippen LogP contribution in [-0.4, -0.2) is 28.6 Å². The minimum atomic E-state index is -3.86. The second kappa shape index (κ2) is 7.29. The summed E-state index contributed by atoms with van der Waals surface area (Å²) >= 11 is 0. The maximum Gasteiger partial charge on any atom is 0.238 e. The first-order valence-corrected chi connectivity index (χ1v) is 8.52. The fraction of sp³-hybridized carbons (Fsp3) is 0.188. The van der Waals surface area contributed by atoms with Gasteiger partial charge in [-0.3, -0.25) is 0 Å².